The maximum absolute atomic E-state index is 15.7. The predicted octanol–water partition coefficient (Wildman–Crippen LogP) is 18.3. The van der Waals surface area contributed by atoms with E-state index in [0.29, 0.717) is 0 Å². The van der Waals surface area contributed by atoms with Gasteiger partial charge in [0.15, 0.2) is 14.3 Å². The fourth-order valence-electron chi connectivity index (χ4n) is 15.3. The molecule has 2 aromatic heterocycles. The van der Waals surface area contributed by atoms with Crippen molar-refractivity contribution in [3.8, 4) is 44.8 Å². The molecule has 3 heterocycles. The fourth-order valence-corrected chi connectivity index (χ4v) is 20.6. The molecule has 0 saturated heterocycles. The first-order chi connectivity index (χ1) is 43.9. The molecule has 1 spiro atoms. The summed E-state index contributed by atoms with van der Waals surface area (Å²) in [5.74, 6) is 0. The third-order valence-electron chi connectivity index (χ3n) is 19.3. The Morgan fingerprint density at radius 3 is 1.33 bits per heavy atom. The van der Waals surface area contributed by atoms with Gasteiger partial charge in [-0.15, -0.1) is 0 Å². The maximum atomic E-state index is 15.7. The number of hydrogen-bond donors (Lipinski definition) is 0. The van der Waals surface area contributed by atoms with Gasteiger partial charge in [-0.25, -0.2) is 0 Å². The number of fused-ring (bicyclic) bond motifs is 16. The Kier molecular flexibility index (Phi) is 11.4. The molecular weight excluding hydrogens is 1120 g/mol. The summed E-state index contributed by atoms with van der Waals surface area (Å²) in [6.45, 7) is 0. The summed E-state index contributed by atoms with van der Waals surface area (Å²) < 4.78 is 36.3. The van der Waals surface area contributed by atoms with Crippen molar-refractivity contribution in [2.75, 3.05) is 0 Å². The van der Waals surface area contributed by atoms with Crippen molar-refractivity contribution in [3.05, 3.63) is 350 Å². The first-order valence-electron chi connectivity index (χ1n) is 30.4. The Morgan fingerprint density at radius 2 is 0.685 bits per heavy atom. The lowest BCUT2D eigenvalue weighted by Gasteiger charge is -2.39. The van der Waals surface area contributed by atoms with E-state index in [-0.39, 0.29) is 0 Å². The molecule has 18 rings (SSSR count). The molecule has 418 valence electrons. The zero-order chi connectivity index (χ0) is 59.0. The van der Waals surface area contributed by atoms with Crippen molar-refractivity contribution in [3.63, 3.8) is 0 Å². The van der Waals surface area contributed by atoms with Gasteiger partial charge in [-0.3, -0.25) is 0 Å². The lowest BCUT2D eigenvalue weighted by Crippen LogP contribution is -2.33. The zero-order valence-corrected chi connectivity index (χ0v) is 50.1. The summed E-state index contributed by atoms with van der Waals surface area (Å²) in [5.41, 5.74) is 17.7. The van der Waals surface area contributed by atoms with Gasteiger partial charge in [-0.2, -0.15) is 0 Å². The van der Waals surface area contributed by atoms with Crippen molar-refractivity contribution in [2.24, 2.45) is 0 Å². The highest BCUT2D eigenvalue weighted by Crippen LogP contribution is 2.63. The molecule has 0 N–H and O–H groups in total. The van der Waals surface area contributed by atoms with E-state index >= 15 is 9.13 Å². The van der Waals surface area contributed by atoms with Gasteiger partial charge in [-0.1, -0.05) is 279 Å². The molecule has 0 saturated carbocycles. The van der Waals surface area contributed by atoms with Crippen molar-refractivity contribution in [1.29, 1.82) is 0 Å². The third-order valence-corrected chi connectivity index (χ3v) is 25.4. The molecule has 0 amide bonds. The first-order valence-corrected chi connectivity index (χ1v) is 33.8. The molecule has 16 aromatic rings. The topological polar surface area (TPSA) is 44.0 Å². The van der Waals surface area contributed by atoms with E-state index in [1.54, 1.807) is 0 Å². The van der Waals surface area contributed by atoms with Crippen LogP contribution in [0.3, 0.4) is 0 Å². The number of rotatable bonds is 9. The highest BCUT2D eigenvalue weighted by Gasteiger charge is 2.51. The van der Waals surface area contributed by atoms with Crippen LogP contribution in [0, 0.1) is 0 Å². The molecule has 1 aliphatic carbocycles. The van der Waals surface area contributed by atoms with Gasteiger partial charge in [0.2, 0.25) is 0 Å². The van der Waals surface area contributed by atoms with Crippen molar-refractivity contribution >= 4 is 100 Å². The van der Waals surface area contributed by atoms with Gasteiger partial charge in [0.1, 0.15) is 0 Å². The van der Waals surface area contributed by atoms with Gasteiger partial charge < -0.3 is 18.3 Å². The van der Waals surface area contributed by atoms with Gasteiger partial charge in [0, 0.05) is 58.8 Å². The fraction of sp³-hybridized carbons (Fsp3) is 0.0120. The molecule has 2 aliphatic rings. The molecule has 89 heavy (non-hydrogen) atoms. The number of nitrogens with zero attached hydrogens (tertiary/aromatic N) is 2. The highest BCUT2D eigenvalue weighted by atomic mass is 31.2. The smallest absolute Gasteiger partial charge is 0.171 e. The molecule has 0 bridgehead atoms. The third kappa shape index (κ3) is 7.37. The van der Waals surface area contributed by atoms with E-state index in [0.717, 1.165) is 87.3 Å². The molecule has 6 heteroatoms. The standard InChI is InChI=1S/C83H54N2O2P2/c86-88(60-23-5-1-6-24-60,61-25-7-2-8-26-61)64-45-39-55(40-46-64)58-44-50-79-71(51-58)72-53-76-70(54-81(72)84(79)77-38-19-22-57-21-13-14-31-66(57)77)67-49-43-59(56-41-47-65(48-42-56)89(87,62-27-9-3-10-28-62)63-29-11-4-12-30-63)52-75(67)83(76)73-34-16-18-37-80(73)85-78-36-17-15-32-68(78)69-33-20-35-74(83)82(69)85/h1-54H. The molecule has 4 nitrogen and oxygen atoms in total. The lowest BCUT2D eigenvalue weighted by molar-refractivity contribution is 0.591. The van der Waals surface area contributed by atoms with Crippen molar-refractivity contribution in [2.45, 2.75) is 5.41 Å². The van der Waals surface area contributed by atoms with Crippen LogP contribution in [0.15, 0.2) is 328 Å². The average molecular weight is 1170 g/mol. The lowest BCUT2D eigenvalue weighted by atomic mass is 9.65. The Balaban J connectivity index is 0.887. The zero-order valence-electron chi connectivity index (χ0n) is 48.3. The summed E-state index contributed by atoms with van der Waals surface area (Å²) in [4.78, 5) is 0. The molecule has 1 atom stereocenters. The Bertz CT molecular complexity index is 5570. The van der Waals surface area contributed by atoms with Crippen LogP contribution in [0.1, 0.15) is 22.3 Å². The number of para-hydroxylation sites is 3. The van der Waals surface area contributed by atoms with Gasteiger partial charge in [-0.05, 0) is 110 Å². The maximum Gasteiger partial charge on any atom is 0.171 e. The van der Waals surface area contributed by atoms with E-state index in [2.05, 4.69) is 215 Å². The van der Waals surface area contributed by atoms with Crippen LogP contribution < -0.4 is 31.8 Å². The molecule has 0 fully saturated rings. The summed E-state index contributed by atoms with van der Waals surface area (Å²) in [7, 11) is -6.41. The van der Waals surface area contributed by atoms with E-state index in [4.69, 9.17) is 0 Å². The number of benzene rings is 14. The summed E-state index contributed by atoms with van der Waals surface area (Å²) in [6, 6.07) is 116. The van der Waals surface area contributed by atoms with E-state index < -0.39 is 19.7 Å². The van der Waals surface area contributed by atoms with Crippen LogP contribution in [-0.2, 0) is 14.5 Å². The van der Waals surface area contributed by atoms with Gasteiger partial charge >= 0.3 is 0 Å². The minimum Gasteiger partial charge on any atom is -0.309 e. The van der Waals surface area contributed by atoms with Crippen LogP contribution in [0.2, 0.25) is 0 Å². The minimum absolute atomic E-state index is 0.766. The average Bonchev–Trinajstić information content (AvgIpc) is 1.52. The van der Waals surface area contributed by atoms with Crippen molar-refractivity contribution in [1.82, 2.24) is 9.13 Å². The highest BCUT2D eigenvalue weighted by molar-refractivity contribution is 7.85. The van der Waals surface area contributed by atoms with E-state index in [1.807, 2.05) is 121 Å². The Labute approximate surface area is 515 Å². The second kappa shape index (κ2) is 19.7. The quantitative estimate of drug-likeness (QED) is 0.135. The van der Waals surface area contributed by atoms with Crippen LogP contribution in [-0.4, -0.2) is 9.13 Å². The van der Waals surface area contributed by atoms with Crippen LogP contribution in [0.25, 0.3) is 99.1 Å². The van der Waals surface area contributed by atoms with Gasteiger partial charge in [0.05, 0.1) is 38.9 Å². The Hall–Kier alpha value is -10.6. The molecular formula is C83H54N2O2P2. The molecule has 0 radical (unpaired) electrons. The summed E-state index contributed by atoms with van der Waals surface area (Å²) in [6.07, 6.45) is 0. The summed E-state index contributed by atoms with van der Waals surface area (Å²) in [5, 5.41) is 11.9. The van der Waals surface area contributed by atoms with Crippen molar-refractivity contribution < 1.29 is 9.13 Å². The largest absolute Gasteiger partial charge is 0.309 e. The second-order valence-corrected chi connectivity index (χ2v) is 29.3. The molecule has 1 aliphatic heterocycles. The van der Waals surface area contributed by atoms with Crippen LogP contribution in [0.5, 0.6) is 0 Å². The van der Waals surface area contributed by atoms with E-state index in [1.165, 1.54) is 66.0 Å². The monoisotopic (exact) mass is 1170 g/mol. The van der Waals surface area contributed by atoms with Crippen LogP contribution >= 0.6 is 14.3 Å². The number of aromatic nitrogens is 2. The van der Waals surface area contributed by atoms with E-state index in [9.17, 15) is 0 Å². The molecule has 14 aromatic carbocycles. The summed E-state index contributed by atoms with van der Waals surface area (Å²) >= 11 is 0. The Morgan fingerprint density at radius 1 is 0.247 bits per heavy atom. The first kappa shape index (κ1) is 51.6. The number of hydrogen-bond acceptors (Lipinski definition) is 2. The minimum atomic E-state index is -3.21. The van der Waals surface area contributed by atoms with Crippen LogP contribution in [0.4, 0.5) is 0 Å². The SMILES string of the molecule is O=P(c1ccccc1)(c1ccccc1)c1ccc(-c2ccc3c(c2)C2(c4cc5c6cc(-c7ccc(P(=O)(c8ccccc8)c8ccccc8)cc7)ccc6n(-c6cccc7ccccc67)c5cc4-3)c3ccccc3-n3c4ccccc4c4cccc2c43)cc1. The molecule has 1 unspecified atom stereocenters. The normalized spacial score (nSPS) is 14.2. The second-order valence-electron chi connectivity index (χ2n) is 23.7. The van der Waals surface area contributed by atoms with Gasteiger partial charge in [0.25, 0.3) is 0 Å². The predicted molar refractivity (Wildman–Crippen MR) is 373 cm³/mol.